The largest absolute Gasteiger partial charge is 0.491 e. The molecule has 0 unspecified atom stereocenters. The van der Waals surface area contributed by atoms with Crippen LogP contribution in [-0.2, 0) is 11.3 Å². The van der Waals surface area contributed by atoms with Gasteiger partial charge in [-0.1, -0.05) is 35.9 Å². The lowest BCUT2D eigenvalue weighted by Crippen LogP contribution is -2.06. The second-order valence-electron chi connectivity index (χ2n) is 4.06. The smallest absolute Gasteiger partial charge is 0.119 e. The van der Waals surface area contributed by atoms with E-state index in [9.17, 15) is 0 Å². The van der Waals surface area contributed by atoms with Crippen molar-refractivity contribution in [3.8, 4) is 5.75 Å². The number of nitrogen functional groups attached to an aromatic ring is 1. The van der Waals surface area contributed by atoms with Crippen molar-refractivity contribution >= 4 is 17.3 Å². The lowest BCUT2D eigenvalue weighted by Gasteiger charge is -2.08. The molecule has 0 heterocycles. The molecule has 0 saturated carbocycles. The van der Waals surface area contributed by atoms with Crippen LogP contribution in [0.5, 0.6) is 5.75 Å². The Hall–Kier alpha value is -1.71. The van der Waals surface area contributed by atoms with E-state index in [1.54, 1.807) is 6.07 Å². The molecule has 0 radical (unpaired) electrons. The summed E-state index contributed by atoms with van der Waals surface area (Å²) >= 11 is 6.05. The summed E-state index contributed by atoms with van der Waals surface area (Å²) in [5.74, 6) is 0.844. The number of ether oxygens (including phenoxy) is 2. The summed E-state index contributed by atoms with van der Waals surface area (Å²) < 4.78 is 11.0. The third kappa shape index (κ3) is 4.47. The monoisotopic (exact) mass is 277 g/mol. The van der Waals surface area contributed by atoms with E-state index < -0.39 is 0 Å². The van der Waals surface area contributed by atoms with Gasteiger partial charge in [-0.2, -0.15) is 0 Å². The van der Waals surface area contributed by atoms with Gasteiger partial charge >= 0.3 is 0 Å². The maximum absolute atomic E-state index is 6.05. The second kappa shape index (κ2) is 7.02. The molecule has 2 N–H and O–H groups in total. The number of halogens is 1. The van der Waals surface area contributed by atoms with Crippen LogP contribution in [0.15, 0.2) is 48.5 Å². The zero-order valence-corrected chi connectivity index (χ0v) is 11.3. The second-order valence-corrected chi connectivity index (χ2v) is 4.47. The van der Waals surface area contributed by atoms with Crippen molar-refractivity contribution in [2.24, 2.45) is 0 Å². The van der Waals surface area contributed by atoms with Crippen LogP contribution in [0.25, 0.3) is 0 Å². The molecule has 0 amide bonds. The highest BCUT2D eigenvalue weighted by molar-refractivity contribution is 6.31. The third-order valence-electron chi connectivity index (χ3n) is 2.57. The van der Waals surface area contributed by atoms with E-state index in [0.717, 1.165) is 11.3 Å². The van der Waals surface area contributed by atoms with E-state index in [0.29, 0.717) is 30.5 Å². The summed E-state index contributed by atoms with van der Waals surface area (Å²) in [6.07, 6.45) is 0. The first-order valence-corrected chi connectivity index (χ1v) is 6.43. The average molecular weight is 278 g/mol. The lowest BCUT2D eigenvalue weighted by atomic mass is 10.2. The normalized spacial score (nSPS) is 10.4. The van der Waals surface area contributed by atoms with Crippen LogP contribution in [0.4, 0.5) is 5.69 Å². The van der Waals surface area contributed by atoms with E-state index in [-0.39, 0.29) is 0 Å². The van der Waals surface area contributed by atoms with Gasteiger partial charge in [-0.25, -0.2) is 0 Å². The van der Waals surface area contributed by atoms with E-state index in [4.69, 9.17) is 26.8 Å². The van der Waals surface area contributed by atoms with Gasteiger partial charge in [0.05, 0.1) is 13.2 Å². The predicted octanol–water partition coefficient (Wildman–Crippen LogP) is 3.52. The number of benzene rings is 2. The van der Waals surface area contributed by atoms with E-state index in [1.165, 1.54) is 0 Å². The van der Waals surface area contributed by atoms with Gasteiger partial charge in [-0.15, -0.1) is 0 Å². The van der Waals surface area contributed by atoms with E-state index >= 15 is 0 Å². The molecule has 0 aliphatic heterocycles. The standard InChI is InChI=1S/C15H16ClNO2/c16-15-10-13(17)7-6-12(15)11-18-8-9-19-14-4-2-1-3-5-14/h1-7,10H,8-9,11,17H2. The van der Waals surface area contributed by atoms with Crippen LogP contribution in [0.3, 0.4) is 0 Å². The van der Waals surface area contributed by atoms with Crippen molar-refractivity contribution in [2.75, 3.05) is 18.9 Å². The highest BCUT2D eigenvalue weighted by atomic mass is 35.5. The maximum atomic E-state index is 6.05. The Morgan fingerprint density at radius 2 is 1.79 bits per heavy atom. The summed E-state index contributed by atoms with van der Waals surface area (Å²) in [6.45, 7) is 1.48. The van der Waals surface area contributed by atoms with Crippen molar-refractivity contribution in [2.45, 2.75) is 6.61 Å². The fourth-order valence-electron chi connectivity index (χ4n) is 1.60. The first-order chi connectivity index (χ1) is 9.25. The van der Waals surface area contributed by atoms with Gasteiger partial charge in [0, 0.05) is 10.7 Å². The number of nitrogens with two attached hydrogens (primary N) is 1. The molecule has 2 aromatic rings. The molecule has 3 nitrogen and oxygen atoms in total. The molecule has 0 aliphatic carbocycles. The summed E-state index contributed by atoms with van der Waals surface area (Å²) in [6, 6.07) is 15.1. The minimum atomic E-state index is 0.456. The van der Waals surface area contributed by atoms with Crippen LogP contribution in [-0.4, -0.2) is 13.2 Å². The molecule has 4 heteroatoms. The van der Waals surface area contributed by atoms with Crippen molar-refractivity contribution in [3.63, 3.8) is 0 Å². The van der Waals surface area contributed by atoms with Crippen molar-refractivity contribution in [3.05, 3.63) is 59.1 Å². The summed E-state index contributed by atoms with van der Waals surface area (Å²) in [4.78, 5) is 0. The predicted molar refractivity (Wildman–Crippen MR) is 77.5 cm³/mol. The number of anilines is 1. The fraction of sp³-hybridized carbons (Fsp3) is 0.200. The van der Waals surface area contributed by atoms with E-state index in [1.807, 2.05) is 42.5 Å². The molecular weight excluding hydrogens is 262 g/mol. The van der Waals surface area contributed by atoms with Gasteiger partial charge in [0.15, 0.2) is 0 Å². The molecular formula is C15H16ClNO2. The molecule has 0 saturated heterocycles. The summed E-state index contributed by atoms with van der Waals surface area (Å²) in [5, 5.41) is 0.629. The highest BCUT2D eigenvalue weighted by Crippen LogP contribution is 2.19. The zero-order chi connectivity index (χ0) is 13.5. The van der Waals surface area contributed by atoms with Gasteiger partial charge in [-0.05, 0) is 29.8 Å². The fourth-order valence-corrected chi connectivity index (χ4v) is 1.84. The molecule has 0 bridgehead atoms. The van der Waals surface area contributed by atoms with Crippen LogP contribution in [0, 0.1) is 0 Å². The Labute approximate surface area is 117 Å². The summed E-state index contributed by atoms with van der Waals surface area (Å²) in [5.41, 5.74) is 7.20. The van der Waals surface area contributed by atoms with Crippen LogP contribution < -0.4 is 10.5 Å². The number of hydrogen-bond acceptors (Lipinski definition) is 3. The zero-order valence-electron chi connectivity index (χ0n) is 10.5. The minimum Gasteiger partial charge on any atom is -0.491 e. The Kier molecular flexibility index (Phi) is 5.07. The first kappa shape index (κ1) is 13.7. The van der Waals surface area contributed by atoms with Crippen LogP contribution in [0.1, 0.15) is 5.56 Å². The molecule has 100 valence electrons. The molecule has 0 atom stereocenters. The van der Waals surface area contributed by atoms with Gasteiger partial charge in [0.1, 0.15) is 12.4 Å². The molecule has 2 aromatic carbocycles. The number of hydrogen-bond donors (Lipinski definition) is 1. The Morgan fingerprint density at radius 1 is 1.00 bits per heavy atom. The Balaban J connectivity index is 1.69. The SMILES string of the molecule is Nc1ccc(COCCOc2ccccc2)c(Cl)c1. The molecule has 0 spiro atoms. The Morgan fingerprint density at radius 3 is 2.53 bits per heavy atom. The third-order valence-corrected chi connectivity index (χ3v) is 2.93. The van der Waals surface area contributed by atoms with Crippen molar-refractivity contribution in [1.29, 1.82) is 0 Å². The van der Waals surface area contributed by atoms with Gasteiger partial charge < -0.3 is 15.2 Å². The molecule has 0 aliphatic rings. The topological polar surface area (TPSA) is 44.5 Å². The van der Waals surface area contributed by atoms with Gasteiger partial charge in [0.2, 0.25) is 0 Å². The molecule has 19 heavy (non-hydrogen) atoms. The van der Waals surface area contributed by atoms with Crippen LogP contribution >= 0.6 is 11.6 Å². The maximum Gasteiger partial charge on any atom is 0.119 e. The van der Waals surface area contributed by atoms with Gasteiger partial charge in [0.25, 0.3) is 0 Å². The minimum absolute atomic E-state index is 0.456. The molecule has 0 fully saturated rings. The van der Waals surface area contributed by atoms with Gasteiger partial charge in [-0.3, -0.25) is 0 Å². The van der Waals surface area contributed by atoms with Crippen molar-refractivity contribution < 1.29 is 9.47 Å². The van der Waals surface area contributed by atoms with E-state index in [2.05, 4.69) is 0 Å². The number of para-hydroxylation sites is 1. The number of rotatable bonds is 6. The quantitative estimate of drug-likeness (QED) is 0.649. The Bertz CT molecular complexity index is 517. The van der Waals surface area contributed by atoms with Crippen molar-refractivity contribution in [1.82, 2.24) is 0 Å². The highest BCUT2D eigenvalue weighted by Gasteiger charge is 2.01. The summed E-state index contributed by atoms with van der Waals surface area (Å²) in [7, 11) is 0. The van der Waals surface area contributed by atoms with Crippen LogP contribution in [0.2, 0.25) is 5.02 Å². The molecule has 2 rings (SSSR count). The lowest BCUT2D eigenvalue weighted by molar-refractivity contribution is 0.0890. The molecule has 0 aromatic heterocycles. The average Bonchev–Trinajstić information content (AvgIpc) is 2.42. The first-order valence-electron chi connectivity index (χ1n) is 6.05.